The largest absolute Gasteiger partial charge is 0.493 e. The quantitative estimate of drug-likeness (QED) is 0.323. The number of ether oxygens (including phenoxy) is 1. The van der Waals surface area contributed by atoms with Crippen molar-refractivity contribution < 1.29 is 9.53 Å². The Bertz CT molecular complexity index is 1270. The number of aryl methyl sites for hydroxylation is 3. The highest BCUT2D eigenvalue weighted by Gasteiger charge is 2.12. The van der Waals surface area contributed by atoms with Gasteiger partial charge >= 0.3 is 0 Å². The second-order valence-corrected chi connectivity index (χ2v) is 8.59. The predicted octanol–water partition coefficient (Wildman–Crippen LogP) is 5.75. The van der Waals surface area contributed by atoms with E-state index in [4.69, 9.17) is 21.3 Å². The highest BCUT2D eigenvalue weighted by Crippen LogP contribution is 2.20. The van der Waals surface area contributed by atoms with Gasteiger partial charge in [-0.3, -0.25) is 4.79 Å². The van der Waals surface area contributed by atoms with E-state index in [0.717, 1.165) is 41.1 Å². The highest BCUT2D eigenvalue weighted by atomic mass is 35.5. The molecule has 0 aliphatic rings. The van der Waals surface area contributed by atoms with Gasteiger partial charge in [0.1, 0.15) is 11.6 Å². The summed E-state index contributed by atoms with van der Waals surface area (Å²) in [6, 6.07) is 21.3. The molecule has 170 valence electrons. The second-order valence-electron chi connectivity index (χ2n) is 8.16. The van der Waals surface area contributed by atoms with Crippen LogP contribution in [0.25, 0.3) is 11.0 Å². The van der Waals surface area contributed by atoms with Gasteiger partial charge in [-0.2, -0.15) is 0 Å². The van der Waals surface area contributed by atoms with E-state index in [1.165, 1.54) is 5.56 Å². The minimum atomic E-state index is -0.137. The SMILES string of the molecule is Cc1ccc(C)c(OCCCn2c(CCNC(=O)c3cccc(Cl)c3)nc3ccccc32)c1. The van der Waals surface area contributed by atoms with E-state index >= 15 is 0 Å². The van der Waals surface area contributed by atoms with E-state index in [1.807, 2.05) is 18.2 Å². The molecule has 0 aliphatic heterocycles. The van der Waals surface area contributed by atoms with Gasteiger partial charge in [0.15, 0.2) is 0 Å². The maximum atomic E-state index is 12.4. The Morgan fingerprint density at radius 2 is 1.91 bits per heavy atom. The Balaban J connectivity index is 1.39. The molecule has 0 saturated carbocycles. The van der Waals surface area contributed by atoms with Gasteiger partial charge in [-0.05, 0) is 67.8 Å². The molecule has 1 N–H and O–H groups in total. The summed E-state index contributed by atoms with van der Waals surface area (Å²) >= 11 is 6.00. The van der Waals surface area contributed by atoms with Gasteiger partial charge < -0.3 is 14.6 Å². The zero-order chi connectivity index (χ0) is 23.2. The van der Waals surface area contributed by atoms with Crippen molar-refractivity contribution in [2.45, 2.75) is 33.2 Å². The number of imidazole rings is 1. The van der Waals surface area contributed by atoms with Gasteiger partial charge in [0, 0.05) is 30.1 Å². The van der Waals surface area contributed by atoms with E-state index in [2.05, 4.69) is 48.0 Å². The molecular formula is C27H28ClN3O2. The number of aromatic nitrogens is 2. The van der Waals surface area contributed by atoms with Gasteiger partial charge in [0.05, 0.1) is 17.6 Å². The molecule has 0 atom stereocenters. The minimum Gasteiger partial charge on any atom is -0.493 e. The van der Waals surface area contributed by atoms with Crippen LogP contribution in [0.2, 0.25) is 5.02 Å². The van der Waals surface area contributed by atoms with Crippen LogP contribution in [0.3, 0.4) is 0 Å². The molecule has 0 spiro atoms. The van der Waals surface area contributed by atoms with Crippen LogP contribution in [-0.4, -0.2) is 28.6 Å². The summed E-state index contributed by atoms with van der Waals surface area (Å²) in [7, 11) is 0. The Morgan fingerprint density at radius 1 is 1.06 bits per heavy atom. The van der Waals surface area contributed by atoms with Gasteiger partial charge in [-0.25, -0.2) is 4.98 Å². The molecule has 5 nitrogen and oxygen atoms in total. The normalized spacial score (nSPS) is 11.0. The topological polar surface area (TPSA) is 56.1 Å². The summed E-state index contributed by atoms with van der Waals surface area (Å²) in [5, 5.41) is 3.52. The Morgan fingerprint density at radius 3 is 2.76 bits per heavy atom. The molecule has 1 aromatic heterocycles. The first-order valence-corrected chi connectivity index (χ1v) is 11.6. The second kappa shape index (κ2) is 10.5. The molecule has 0 saturated heterocycles. The van der Waals surface area contributed by atoms with Crippen molar-refractivity contribution in [3.8, 4) is 5.75 Å². The number of nitrogens with one attached hydrogen (secondary N) is 1. The van der Waals surface area contributed by atoms with Crippen molar-refractivity contribution in [2.24, 2.45) is 0 Å². The molecule has 0 unspecified atom stereocenters. The Hall–Kier alpha value is -3.31. The first-order chi connectivity index (χ1) is 16.0. The summed E-state index contributed by atoms with van der Waals surface area (Å²) in [5.41, 5.74) is 4.95. The first-order valence-electron chi connectivity index (χ1n) is 11.2. The molecule has 0 bridgehead atoms. The van der Waals surface area contributed by atoms with E-state index in [9.17, 15) is 4.79 Å². The number of hydrogen-bond donors (Lipinski definition) is 1. The van der Waals surface area contributed by atoms with Crippen LogP contribution in [0.1, 0.15) is 33.7 Å². The van der Waals surface area contributed by atoms with Crippen LogP contribution >= 0.6 is 11.6 Å². The summed E-state index contributed by atoms with van der Waals surface area (Å²) in [4.78, 5) is 17.2. The lowest BCUT2D eigenvalue weighted by Gasteiger charge is -2.12. The number of halogens is 1. The van der Waals surface area contributed by atoms with Gasteiger partial charge in [0.2, 0.25) is 0 Å². The number of fused-ring (bicyclic) bond motifs is 1. The molecule has 4 aromatic rings. The molecular weight excluding hydrogens is 434 g/mol. The van der Waals surface area contributed by atoms with Crippen molar-refractivity contribution in [3.05, 3.63) is 94.3 Å². The minimum absolute atomic E-state index is 0.137. The maximum Gasteiger partial charge on any atom is 0.251 e. The fourth-order valence-electron chi connectivity index (χ4n) is 3.85. The lowest BCUT2D eigenvalue weighted by Crippen LogP contribution is -2.26. The number of hydrogen-bond acceptors (Lipinski definition) is 3. The Kier molecular flexibility index (Phi) is 7.30. The third-order valence-corrected chi connectivity index (χ3v) is 5.82. The first kappa shape index (κ1) is 22.9. The standard InChI is InChI=1S/C27H28ClN3O2/c1-19-11-12-20(2)25(17-19)33-16-6-15-31-24-10-4-3-9-23(24)30-26(31)13-14-29-27(32)21-7-5-8-22(28)18-21/h3-5,7-12,17-18H,6,13-16H2,1-2H3,(H,29,32). The van der Waals surface area contributed by atoms with Crippen molar-refractivity contribution in [1.29, 1.82) is 0 Å². The maximum absolute atomic E-state index is 12.4. The van der Waals surface area contributed by atoms with Gasteiger partial charge in [0.25, 0.3) is 5.91 Å². The third-order valence-electron chi connectivity index (χ3n) is 5.58. The molecule has 6 heteroatoms. The molecule has 1 amide bonds. The number of rotatable bonds is 9. The van der Waals surface area contributed by atoms with E-state index < -0.39 is 0 Å². The van der Waals surface area contributed by atoms with E-state index in [1.54, 1.807) is 24.3 Å². The van der Waals surface area contributed by atoms with Gasteiger partial charge in [-0.1, -0.05) is 41.9 Å². The number of benzene rings is 3. The molecule has 1 heterocycles. The number of para-hydroxylation sites is 2. The lowest BCUT2D eigenvalue weighted by atomic mass is 10.1. The van der Waals surface area contributed by atoms with Crippen molar-refractivity contribution >= 4 is 28.5 Å². The smallest absolute Gasteiger partial charge is 0.251 e. The number of carbonyl (C=O) groups excluding carboxylic acids is 1. The average molecular weight is 462 g/mol. The number of amides is 1. The summed E-state index contributed by atoms with van der Waals surface area (Å²) in [6.45, 7) is 6.05. The summed E-state index contributed by atoms with van der Waals surface area (Å²) in [6.07, 6.45) is 1.49. The zero-order valence-corrected chi connectivity index (χ0v) is 19.7. The highest BCUT2D eigenvalue weighted by molar-refractivity contribution is 6.30. The number of carbonyl (C=O) groups is 1. The average Bonchev–Trinajstić information content (AvgIpc) is 3.16. The van der Waals surface area contributed by atoms with E-state index in [0.29, 0.717) is 30.2 Å². The van der Waals surface area contributed by atoms with Crippen molar-refractivity contribution in [1.82, 2.24) is 14.9 Å². The Labute approximate surface area is 199 Å². The van der Waals surface area contributed by atoms with Crippen LogP contribution in [0.4, 0.5) is 0 Å². The van der Waals surface area contributed by atoms with Gasteiger partial charge in [-0.15, -0.1) is 0 Å². The van der Waals surface area contributed by atoms with Crippen molar-refractivity contribution in [3.63, 3.8) is 0 Å². The fraction of sp³-hybridized carbons (Fsp3) is 0.259. The van der Waals surface area contributed by atoms with Crippen LogP contribution in [0, 0.1) is 13.8 Å². The monoisotopic (exact) mass is 461 g/mol. The molecule has 0 fully saturated rings. The van der Waals surface area contributed by atoms with Crippen LogP contribution in [-0.2, 0) is 13.0 Å². The fourth-order valence-corrected chi connectivity index (χ4v) is 4.04. The molecule has 33 heavy (non-hydrogen) atoms. The summed E-state index contributed by atoms with van der Waals surface area (Å²) in [5.74, 6) is 1.76. The number of nitrogens with zero attached hydrogens (tertiary/aromatic N) is 2. The third kappa shape index (κ3) is 5.74. The van der Waals surface area contributed by atoms with Crippen LogP contribution in [0.15, 0.2) is 66.7 Å². The van der Waals surface area contributed by atoms with Crippen LogP contribution in [0.5, 0.6) is 5.75 Å². The molecule has 0 radical (unpaired) electrons. The predicted molar refractivity (Wildman–Crippen MR) is 133 cm³/mol. The lowest BCUT2D eigenvalue weighted by molar-refractivity contribution is 0.0954. The summed E-state index contributed by atoms with van der Waals surface area (Å²) < 4.78 is 8.27. The van der Waals surface area contributed by atoms with Crippen LogP contribution < -0.4 is 10.1 Å². The molecule has 0 aliphatic carbocycles. The molecule has 4 rings (SSSR count). The molecule has 3 aromatic carbocycles. The zero-order valence-electron chi connectivity index (χ0n) is 19.0. The van der Waals surface area contributed by atoms with E-state index in [-0.39, 0.29) is 5.91 Å². The van der Waals surface area contributed by atoms with Crippen molar-refractivity contribution in [2.75, 3.05) is 13.2 Å².